The fourth-order valence-electron chi connectivity index (χ4n) is 1.96. The number of rotatable bonds is 0. The van der Waals surface area contributed by atoms with Crippen LogP contribution in [0.3, 0.4) is 0 Å². The molecule has 0 amide bonds. The van der Waals surface area contributed by atoms with Crippen LogP contribution in [0.4, 0.5) is 0 Å². The van der Waals surface area contributed by atoms with E-state index in [1.54, 1.807) is 0 Å². The summed E-state index contributed by atoms with van der Waals surface area (Å²) in [5.74, 6) is 0.0637. The predicted octanol–water partition coefficient (Wildman–Crippen LogP) is 3.30. The van der Waals surface area contributed by atoms with E-state index in [0.29, 0.717) is 11.3 Å². The van der Waals surface area contributed by atoms with E-state index in [1.807, 2.05) is 42.5 Å². The molecule has 2 bridgehead atoms. The van der Waals surface area contributed by atoms with Crippen LogP contribution in [0.2, 0.25) is 0 Å². The summed E-state index contributed by atoms with van der Waals surface area (Å²) in [7, 11) is 0. The summed E-state index contributed by atoms with van der Waals surface area (Å²) in [6.07, 6.45) is 14.5. The molecule has 3 rings (SSSR count). The van der Waals surface area contributed by atoms with Crippen molar-refractivity contribution in [2.45, 2.75) is 6.42 Å². The number of allylic oxidation sites excluding steroid dienone is 9. The highest BCUT2D eigenvalue weighted by atomic mass is 35.5. The Balaban J connectivity index is 2.17. The molecule has 0 atom stereocenters. The van der Waals surface area contributed by atoms with Crippen LogP contribution in [0.1, 0.15) is 6.42 Å². The molecule has 2 nitrogen and oxygen atoms in total. The zero-order valence-corrected chi connectivity index (χ0v) is 9.70. The standard InChI is InChI=1S/C14H9ClO2/c15-13-11-6-5-9-3-1-2-4-10(7-9)8-12(11)17-14(13)16/h1-6,8H,7H2. The van der Waals surface area contributed by atoms with E-state index in [9.17, 15) is 4.79 Å². The van der Waals surface area contributed by atoms with Crippen molar-refractivity contribution in [1.82, 2.24) is 0 Å². The van der Waals surface area contributed by atoms with Crippen molar-refractivity contribution in [2.75, 3.05) is 0 Å². The average Bonchev–Trinajstić information content (AvgIpc) is 2.51. The zero-order valence-electron chi connectivity index (χ0n) is 8.94. The van der Waals surface area contributed by atoms with Gasteiger partial charge in [-0.2, -0.15) is 0 Å². The van der Waals surface area contributed by atoms with E-state index >= 15 is 0 Å². The Kier molecular flexibility index (Phi) is 2.37. The van der Waals surface area contributed by atoms with Gasteiger partial charge in [-0.25, -0.2) is 4.79 Å². The maximum absolute atomic E-state index is 11.4. The van der Waals surface area contributed by atoms with Gasteiger partial charge < -0.3 is 4.74 Å². The maximum Gasteiger partial charge on any atom is 0.355 e. The van der Waals surface area contributed by atoms with Crippen LogP contribution >= 0.6 is 11.6 Å². The molecule has 0 aromatic carbocycles. The molecule has 3 aliphatic rings. The lowest BCUT2D eigenvalue weighted by Crippen LogP contribution is -1.95. The molecule has 0 radical (unpaired) electrons. The van der Waals surface area contributed by atoms with E-state index in [4.69, 9.17) is 16.3 Å². The van der Waals surface area contributed by atoms with E-state index in [-0.39, 0.29) is 5.03 Å². The Morgan fingerprint density at radius 1 is 1.12 bits per heavy atom. The highest BCUT2D eigenvalue weighted by Gasteiger charge is 2.27. The van der Waals surface area contributed by atoms with Crippen LogP contribution < -0.4 is 0 Å². The van der Waals surface area contributed by atoms with Gasteiger partial charge in [0.15, 0.2) is 0 Å². The fraction of sp³-hybridized carbons (Fsp3) is 0.0714. The van der Waals surface area contributed by atoms with Crippen LogP contribution in [0, 0.1) is 0 Å². The third-order valence-corrected chi connectivity index (χ3v) is 3.16. The first-order valence-corrected chi connectivity index (χ1v) is 5.70. The summed E-state index contributed by atoms with van der Waals surface area (Å²) in [6, 6.07) is 0. The molecule has 0 aromatic rings. The number of carbonyl (C=O) groups is 1. The van der Waals surface area contributed by atoms with E-state index < -0.39 is 5.97 Å². The van der Waals surface area contributed by atoms with E-state index in [2.05, 4.69) is 0 Å². The molecule has 1 aliphatic heterocycles. The fourth-order valence-corrected chi connectivity index (χ4v) is 2.16. The van der Waals surface area contributed by atoms with Gasteiger partial charge in [-0.15, -0.1) is 0 Å². The second kappa shape index (κ2) is 3.90. The summed E-state index contributed by atoms with van der Waals surface area (Å²) in [5.41, 5.74) is 2.94. The van der Waals surface area contributed by atoms with Gasteiger partial charge in [0.25, 0.3) is 0 Å². The number of halogens is 1. The van der Waals surface area contributed by atoms with Crippen molar-refractivity contribution in [3.8, 4) is 0 Å². The molecule has 0 fully saturated rings. The summed E-state index contributed by atoms with van der Waals surface area (Å²) in [5, 5.41) is 0.153. The quantitative estimate of drug-likeness (QED) is 0.611. The van der Waals surface area contributed by atoms with Gasteiger partial charge in [-0.05, 0) is 29.7 Å². The monoisotopic (exact) mass is 244 g/mol. The van der Waals surface area contributed by atoms with Gasteiger partial charge in [0, 0.05) is 5.57 Å². The molecule has 0 saturated heterocycles. The first kappa shape index (κ1) is 10.4. The van der Waals surface area contributed by atoms with E-state index in [1.165, 1.54) is 5.57 Å². The number of hydrogen-bond acceptors (Lipinski definition) is 2. The normalized spacial score (nSPS) is 21.9. The van der Waals surface area contributed by atoms with Crippen molar-refractivity contribution in [3.63, 3.8) is 0 Å². The minimum absolute atomic E-state index is 0.153. The van der Waals surface area contributed by atoms with Crippen LogP contribution in [0.5, 0.6) is 0 Å². The summed E-state index contributed by atoms with van der Waals surface area (Å²) in [4.78, 5) is 11.4. The van der Waals surface area contributed by atoms with Gasteiger partial charge in [0.05, 0.1) is 0 Å². The lowest BCUT2D eigenvalue weighted by Gasteiger charge is -2.08. The Bertz CT molecular complexity index is 583. The van der Waals surface area contributed by atoms with Gasteiger partial charge in [-0.1, -0.05) is 42.0 Å². The molecule has 3 heteroatoms. The third kappa shape index (κ3) is 1.81. The molecule has 0 N–H and O–H groups in total. The molecule has 0 unspecified atom stereocenters. The number of ether oxygens (including phenoxy) is 1. The molecular formula is C14H9ClO2. The van der Waals surface area contributed by atoms with Crippen molar-refractivity contribution in [3.05, 3.63) is 70.0 Å². The van der Waals surface area contributed by atoms with Crippen molar-refractivity contribution >= 4 is 17.6 Å². The number of carbonyl (C=O) groups excluding carboxylic acids is 1. The van der Waals surface area contributed by atoms with Crippen LogP contribution in [0.15, 0.2) is 70.0 Å². The summed E-state index contributed by atoms with van der Waals surface area (Å²) < 4.78 is 5.13. The van der Waals surface area contributed by atoms with Gasteiger partial charge in [0.1, 0.15) is 10.8 Å². The molecule has 0 saturated carbocycles. The van der Waals surface area contributed by atoms with Crippen molar-refractivity contribution in [2.24, 2.45) is 0 Å². The van der Waals surface area contributed by atoms with Gasteiger partial charge in [0.2, 0.25) is 0 Å². The molecule has 1 heterocycles. The van der Waals surface area contributed by atoms with E-state index in [0.717, 1.165) is 12.0 Å². The van der Waals surface area contributed by atoms with Crippen LogP contribution in [-0.4, -0.2) is 5.97 Å². The number of esters is 1. The maximum atomic E-state index is 11.4. The SMILES string of the molecule is O=C1OC2=CC3=CC=CC=C(C=CC2=C1Cl)C3. The lowest BCUT2D eigenvalue weighted by molar-refractivity contribution is -0.132. The zero-order chi connectivity index (χ0) is 11.8. The lowest BCUT2D eigenvalue weighted by atomic mass is 9.99. The molecule has 0 spiro atoms. The molecule has 2 aliphatic carbocycles. The topological polar surface area (TPSA) is 26.3 Å². The average molecular weight is 245 g/mol. The molecular weight excluding hydrogens is 236 g/mol. The minimum atomic E-state index is -0.475. The second-order valence-electron chi connectivity index (χ2n) is 4.00. The third-order valence-electron chi connectivity index (χ3n) is 2.80. The molecule has 17 heavy (non-hydrogen) atoms. The highest BCUT2D eigenvalue weighted by molar-refractivity contribution is 6.43. The van der Waals surface area contributed by atoms with Crippen molar-refractivity contribution < 1.29 is 9.53 Å². The van der Waals surface area contributed by atoms with Crippen LogP contribution in [-0.2, 0) is 9.53 Å². The summed E-state index contributed by atoms with van der Waals surface area (Å²) >= 11 is 5.92. The van der Waals surface area contributed by atoms with Crippen molar-refractivity contribution in [1.29, 1.82) is 0 Å². The Morgan fingerprint density at radius 2 is 1.88 bits per heavy atom. The highest BCUT2D eigenvalue weighted by Crippen LogP contribution is 2.34. The summed E-state index contributed by atoms with van der Waals surface area (Å²) in [6.45, 7) is 0. The van der Waals surface area contributed by atoms with Gasteiger partial charge >= 0.3 is 5.97 Å². The minimum Gasteiger partial charge on any atom is -0.422 e. The number of fused-ring (bicyclic) bond motifs is 3. The smallest absolute Gasteiger partial charge is 0.355 e. The van der Waals surface area contributed by atoms with Gasteiger partial charge in [-0.3, -0.25) is 0 Å². The first-order valence-electron chi connectivity index (χ1n) is 5.32. The largest absolute Gasteiger partial charge is 0.422 e. The molecule has 84 valence electrons. The first-order chi connectivity index (χ1) is 8.24. The Hall–Kier alpha value is -1.80. The Labute approximate surface area is 104 Å². The molecule has 0 aromatic heterocycles. The Morgan fingerprint density at radius 3 is 2.71 bits per heavy atom. The number of hydrogen-bond donors (Lipinski definition) is 0. The van der Waals surface area contributed by atoms with Crippen LogP contribution in [0.25, 0.3) is 0 Å². The second-order valence-corrected chi connectivity index (χ2v) is 4.38. The predicted molar refractivity (Wildman–Crippen MR) is 66.1 cm³/mol.